The lowest BCUT2D eigenvalue weighted by Gasteiger charge is -2.24. The molecule has 0 saturated heterocycles. The number of halogens is 1. The first-order chi connectivity index (χ1) is 5.05. The Hall–Kier alpha value is -0.0800. The molecular formula is C8H16ClNO. The van der Waals surface area contributed by atoms with Crippen LogP contribution < -0.4 is 4.84 Å². The summed E-state index contributed by atoms with van der Waals surface area (Å²) in [6.45, 7) is 5.96. The van der Waals surface area contributed by atoms with Gasteiger partial charge in [0.1, 0.15) is 6.29 Å². The molecule has 0 aliphatic rings. The molecule has 0 fully saturated rings. The number of hydrogen-bond donors (Lipinski definition) is 1. The Morgan fingerprint density at radius 1 is 1.64 bits per heavy atom. The van der Waals surface area contributed by atoms with Crippen LogP contribution in [0.5, 0.6) is 0 Å². The molecule has 0 aromatic carbocycles. The first-order valence-electron chi connectivity index (χ1n) is 3.89. The lowest BCUT2D eigenvalue weighted by molar-refractivity contribution is -0.111. The van der Waals surface area contributed by atoms with E-state index < -0.39 is 0 Å². The Morgan fingerprint density at radius 3 is 2.45 bits per heavy atom. The number of carbonyl (C=O) groups excluding carboxylic acids is 1. The predicted octanol–water partition coefficient (Wildman–Crippen LogP) is 2.12. The molecule has 1 N–H and O–H groups in total. The van der Waals surface area contributed by atoms with Crippen molar-refractivity contribution in [2.24, 2.45) is 5.92 Å². The van der Waals surface area contributed by atoms with Crippen molar-refractivity contribution >= 4 is 18.1 Å². The maximum absolute atomic E-state index is 10.5. The van der Waals surface area contributed by atoms with E-state index >= 15 is 0 Å². The van der Waals surface area contributed by atoms with E-state index in [2.05, 4.69) is 4.84 Å². The normalized spacial score (nSPS) is 14.5. The summed E-state index contributed by atoms with van der Waals surface area (Å²) in [4.78, 5) is 13.1. The van der Waals surface area contributed by atoms with E-state index in [9.17, 15) is 4.79 Å². The van der Waals surface area contributed by atoms with Crippen LogP contribution in [0.4, 0.5) is 0 Å². The monoisotopic (exact) mass is 177 g/mol. The van der Waals surface area contributed by atoms with Gasteiger partial charge in [0.25, 0.3) is 0 Å². The van der Waals surface area contributed by atoms with Gasteiger partial charge in [-0.25, -0.2) is 4.84 Å². The third kappa shape index (κ3) is 4.38. The summed E-state index contributed by atoms with van der Waals surface area (Å²) in [5, 5.41) is 0. The highest BCUT2D eigenvalue weighted by Crippen LogP contribution is 2.17. The highest BCUT2D eigenvalue weighted by atomic mass is 35.5. The van der Waals surface area contributed by atoms with Crippen molar-refractivity contribution in [3.63, 3.8) is 0 Å². The van der Waals surface area contributed by atoms with Crippen LogP contribution in [0.15, 0.2) is 0 Å². The predicted molar refractivity (Wildman–Crippen MR) is 47.5 cm³/mol. The quantitative estimate of drug-likeness (QED) is 0.515. The third-order valence-corrected chi connectivity index (χ3v) is 2.26. The highest BCUT2D eigenvalue weighted by Gasteiger charge is 2.20. The van der Waals surface area contributed by atoms with E-state index in [1.165, 1.54) is 0 Å². The minimum Gasteiger partial charge on any atom is -0.303 e. The average molecular weight is 178 g/mol. The topological polar surface area (TPSA) is 29.1 Å². The van der Waals surface area contributed by atoms with Crippen LogP contribution in [0.1, 0.15) is 33.6 Å². The van der Waals surface area contributed by atoms with Crippen molar-refractivity contribution in [2.45, 2.75) is 39.2 Å². The van der Waals surface area contributed by atoms with Gasteiger partial charge in [-0.1, -0.05) is 6.92 Å². The van der Waals surface area contributed by atoms with Crippen molar-refractivity contribution in [3.05, 3.63) is 0 Å². The lowest BCUT2D eigenvalue weighted by Crippen LogP contribution is -2.35. The molecule has 0 heterocycles. The van der Waals surface area contributed by atoms with E-state index in [1.807, 2.05) is 20.8 Å². The van der Waals surface area contributed by atoms with Crippen molar-refractivity contribution in [3.8, 4) is 0 Å². The summed E-state index contributed by atoms with van der Waals surface area (Å²) < 4.78 is 0. The van der Waals surface area contributed by atoms with Crippen LogP contribution in [0.2, 0.25) is 0 Å². The minimum absolute atomic E-state index is 0.122. The van der Waals surface area contributed by atoms with Crippen LogP contribution in [0.25, 0.3) is 0 Å². The second kappa shape index (κ2) is 4.73. The number of aldehydes is 1. The molecule has 0 rings (SSSR count). The third-order valence-electron chi connectivity index (χ3n) is 1.75. The van der Waals surface area contributed by atoms with Gasteiger partial charge in [-0.15, -0.1) is 0 Å². The van der Waals surface area contributed by atoms with E-state index in [0.717, 1.165) is 19.1 Å². The van der Waals surface area contributed by atoms with Gasteiger partial charge in [-0.05, 0) is 38.5 Å². The SMILES string of the molecule is CCC(C=O)CC(C)(C)NCl. The first-order valence-corrected chi connectivity index (χ1v) is 4.26. The first kappa shape index (κ1) is 10.9. The van der Waals surface area contributed by atoms with Gasteiger partial charge in [0, 0.05) is 11.5 Å². The zero-order valence-corrected chi connectivity index (χ0v) is 8.11. The number of nitrogens with one attached hydrogen (secondary N) is 1. The van der Waals surface area contributed by atoms with Crippen molar-refractivity contribution in [1.29, 1.82) is 0 Å². The highest BCUT2D eigenvalue weighted by molar-refractivity contribution is 6.13. The Morgan fingerprint density at radius 2 is 2.18 bits per heavy atom. The summed E-state index contributed by atoms with van der Waals surface area (Å²) in [6.07, 6.45) is 2.66. The summed E-state index contributed by atoms with van der Waals surface area (Å²) in [6, 6.07) is 0. The van der Waals surface area contributed by atoms with Crippen LogP contribution >= 0.6 is 11.8 Å². The molecule has 1 atom stereocenters. The molecule has 0 spiro atoms. The van der Waals surface area contributed by atoms with Gasteiger partial charge in [-0.3, -0.25) is 0 Å². The van der Waals surface area contributed by atoms with E-state index in [-0.39, 0.29) is 11.5 Å². The molecule has 2 nitrogen and oxygen atoms in total. The number of carbonyl (C=O) groups is 1. The maximum Gasteiger partial charge on any atom is 0.123 e. The fourth-order valence-corrected chi connectivity index (χ4v) is 1.06. The van der Waals surface area contributed by atoms with E-state index in [0.29, 0.717) is 0 Å². The van der Waals surface area contributed by atoms with Crippen LogP contribution in [-0.4, -0.2) is 11.8 Å². The largest absolute Gasteiger partial charge is 0.303 e. The number of hydrogen-bond acceptors (Lipinski definition) is 2. The Kier molecular flexibility index (Phi) is 4.69. The van der Waals surface area contributed by atoms with Crippen LogP contribution in [0, 0.1) is 5.92 Å². The summed E-state index contributed by atoms with van der Waals surface area (Å²) in [7, 11) is 0. The molecule has 0 aromatic rings. The Labute approximate surface area is 73.4 Å². The lowest BCUT2D eigenvalue weighted by atomic mass is 9.91. The maximum atomic E-state index is 10.5. The number of rotatable bonds is 5. The van der Waals surface area contributed by atoms with Gasteiger partial charge in [-0.2, -0.15) is 0 Å². The second-order valence-electron chi connectivity index (χ2n) is 3.49. The molecular weight excluding hydrogens is 162 g/mol. The molecule has 0 bridgehead atoms. The van der Waals surface area contributed by atoms with Crippen molar-refractivity contribution in [1.82, 2.24) is 4.84 Å². The molecule has 0 aromatic heterocycles. The van der Waals surface area contributed by atoms with Crippen molar-refractivity contribution in [2.75, 3.05) is 0 Å². The zero-order chi connectivity index (χ0) is 8.91. The Bertz CT molecular complexity index is 125. The molecule has 0 radical (unpaired) electrons. The van der Waals surface area contributed by atoms with E-state index in [4.69, 9.17) is 11.8 Å². The molecule has 66 valence electrons. The van der Waals surface area contributed by atoms with Crippen LogP contribution in [0.3, 0.4) is 0 Å². The zero-order valence-electron chi connectivity index (χ0n) is 7.36. The van der Waals surface area contributed by atoms with Gasteiger partial charge >= 0.3 is 0 Å². The standard InChI is InChI=1S/C8H16ClNO/c1-4-7(6-11)5-8(2,3)10-9/h6-7,10H,4-5H2,1-3H3. The fraction of sp³-hybridized carbons (Fsp3) is 0.875. The second-order valence-corrected chi connectivity index (χ2v) is 3.68. The molecule has 1 unspecified atom stereocenters. The molecule has 0 saturated carbocycles. The van der Waals surface area contributed by atoms with Crippen LogP contribution in [-0.2, 0) is 4.79 Å². The van der Waals surface area contributed by atoms with Gasteiger partial charge in [0.05, 0.1) is 0 Å². The van der Waals surface area contributed by atoms with Gasteiger partial charge in [0.2, 0.25) is 0 Å². The van der Waals surface area contributed by atoms with E-state index in [1.54, 1.807) is 0 Å². The molecule has 3 heteroatoms. The summed E-state index contributed by atoms with van der Waals surface area (Å²) in [5.41, 5.74) is -0.150. The molecule has 0 amide bonds. The fourth-order valence-electron chi connectivity index (χ4n) is 0.983. The van der Waals surface area contributed by atoms with Crippen molar-refractivity contribution < 1.29 is 4.79 Å². The minimum atomic E-state index is -0.150. The summed E-state index contributed by atoms with van der Waals surface area (Å²) >= 11 is 5.49. The molecule has 11 heavy (non-hydrogen) atoms. The van der Waals surface area contributed by atoms with Gasteiger partial charge < -0.3 is 4.79 Å². The Balaban J connectivity index is 3.88. The smallest absolute Gasteiger partial charge is 0.123 e. The molecule has 0 aliphatic carbocycles. The average Bonchev–Trinajstić information content (AvgIpc) is 2.00. The summed E-state index contributed by atoms with van der Waals surface area (Å²) in [5.74, 6) is 0.122. The molecule has 0 aliphatic heterocycles. The van der Waals surface area contributed by atoms with Gasteiger partial charge in [0.15, 0.2) is 0 Å².